The Morgan fingerprint density at radius 3 is 2.77 bits per heavy atom. The lowest BCUT2D eigenvalue weighted by atomic mass is 9.84. The summed E-state index contributed by atoms with van der Waals surface area (Å²) in [6.45, 7) is 1.89. The van der Waals surface area contributed by atoms with E-state index in [1.807, 2.05) is 25.3 Å². The van der Waals surface area contributed by atoms with E-state index in [2.05, 4.69) is 21.0 Å². The van der Waals surface area contributed by atoms with Crippen molar-refractivity contribution in [2.75, 3.05) is 24.8 Å². The van der Waals surface area contributed by atoms with Gasteiger partial charge < -0.3 is 25.8 Å². The molecule has 1 amide bonds. The average Bonchev–Trinajstić information content (AvgIpc) is 3.24. The van der Waals surface area contributed by atoms with Crippen molar-refractivity contribution in [2.45, 2.75) is 44.2 Å². The molecule has 2 heterocycles. The van der Waals surface area contributed by atoms with Gasteiger partial charge in [0, 0.05) is 24.8 Å². The maximum atomic E-state index is 11.9. The summed E-state index contributed by atoms with van der Waals surface area (Å²) >= 11 is 0. The highest BCUT2D eigenvalue weighted by atomic mass is 16.5. The number of benzene rings is 1. The van der Waals surface area contributed by atoms with Crippen LogP contribution in [0.5, 0.6) is 5.75 Å². The summed E-state index contributed by atoms with van der Waals surface area (Å²) in [5.41, 5.74) is 1.45. The molecular weight excluding hydrogens is 396 g/mol. The largest absolute Gasteiger partial charge is 0.495 e. The number of hydrogen-bond donors (Lipinski definition) is 4. The lowest BCUT2D eigenvalue weighted by molar-refractivity contribution is 0.0196. The normalized spacial score (nSPS) is 21.0. The van der Waals surface area contributed by atoms with Gasteiger partial charge in [0.25, 0.3) is 5.91 Å². The minimum absolute atomic E-state index is 0.187. The molecule has 1 aromatic carbocycles. The molecule has 1 aliphatic carbocycles. The Morgan fingerprint density at radius 1 is 1.29 bits per heavy atom. The monoisotopic (exact) mass is 424 g/mol. The highest BCUT2D eigenvalue weighted by Crippen LogP contribution is 2.31. The zero-order valence-corrected chi connectivity index (χ0v) is 18.0. The van der Waals surface area contributed by atoms with Crippen LogP contribution in [0.1, 0.15) is 43.0 Å². The third-order valence-electron chi connectivity index (χ3n) is 5.73. The number of hydrogen-bond acceptors (Lipinski definition) is 7. The number of carbonyl (C=O) groups is 1. The second-order valence-corrected chi connectivity index (χ2v) is 8.16. The fourth-order valence-electron chi connectivity index (χ4n) is 3.87. The third-order valence-corrected chi connectivity index (χ3v) is 5.73. The summed E-state index contributed by atoms with van der Waals surface area (Å²) < 4.78 is 7.22. The zero-order chi connectivity index (χ0) is 22.0. The predicted molar refractivity (Wildman–Crippen MR) is 119 cm³/mol. The minimum atomic E-state index is -0.585. The number of methoxy groups -OCH3 is 1. The van der Waals surface area contributed by atoms with Crippen LogP contribution in [-0.2, 0) is 0 Å². The lowest BCUT2D eigenvalue weighted by Gasteiger charge is -2.33. The van der Waals surface area contributed by atoms with Crippen LogP contribution < -0.4 is 20.7 Å². The summed E-state index contributed by atoms with van der Waals surface area (Å²) in [5, 5.41) is 24.1. The van der Waals surface area contributed by atoms with E-state index in [1.54, 1.807) is 36.9 Å². The molecule has 164 valence electrons. The van der Waals surface area contributed by atoms with Crippen molar-refractivity contribution < 1.29 is 14.6 Å². The van der Waals surface area contributed by atoms with Crippen LogP contribution in [-0.4, -0.2) is 51.4 Å². The number of rotatable bonds is 6. The van der Waals surface area contributed by atoms with Gasteiger partial charge in [-0.3, -0.25) is 4.79 Å². The minimum Gasteiger partial charge on any atom is -0.495 e. The summed E-state index contributed by atoms with van der Waals surface area (Å²) in [6.07, 6.45) is 5.13. The number of carbonyl (C=O) groups excluding carboxylic acids is 1. The smallest absolute Gasteiger partial charge is 0.251 e. The molecule has 0 bridgehead atoms. The molecule has 4 rings (SSSR count). The Morgan fingerprint density at radius 2 is 2.06 bits per heavy atom. The standard InChI is InChI=1S/C22H28N6O3/c1-22(30)10-8-15(9-11-22)24-19-17-5-4-12-28(17)27-21(26-19)25-16-7-6-14(20(29)23-2)13-18(16)31-3/h4-7,12-13,15,30H,8-11H2,1-3H3,(H,23,29)(H2,24,25,26,27)/t15-,22-. The van der Waals surface area contributed by atoms with Crippen molar-refractivity contribution in [3.63, 3.8) is 0 Å². The maximum absolute atomic E-state index is 11.9. The molecule has 0 saturated heterocycles. The van der Waals surface area contributed by atoms with E-state index < -0.39 is 5.60 Å². The van der Waals surface area contributed by atoms with E-state index >= 15 is 0 Å². The van der Waals surface area contributed by atoms with E-state index in [1.165, 1.54) is 0 Å². The van der Waals surface area contributed by atoms with E-state index in [-0.39, 0.29) is 11.9 Å². The highest BCUT2D eigenvalue weighted by Gasteiger charge is 2.29. The second kappa shape index (κ2) is 8.43. The molecule has 31 heavy (non-hydrogen) atoms. The van der Waals surface area contributed by atoms with Crippen molar-refractivity contribution in [3.05, 3.63) is 42.1 Å². The first-order chi connectivity index (χ1) is 14.9. The summed E-state index contributed by atoms with van der Waals surface area (Å²) in [6, 6.07) is 9.27. The molecule has 3 aromatic rings. The van der Waals surface area contributed by atoms with Crippen molar-refractivity contribution in [3.8, 4) is 5.75 Å². The van der Waals surface area contributed by atoms with Gasteiger partial charge in [0.1, 0.15) is 11.3 Å². The van der Waals surface area contributed by atoms with E-state index in [0.29, 0.717) is 22.9 Å². The Balaban J connectivity index is 1.60. The number of nitrogens with one attached hydrogen (secondary N) is 3. The van der Waals surface area contributed by atoms with E-state index in [0.717, 1.165) is 37.0 Å². The Kier molecular flexibility index (Phi) is 5.69. The summed E-state index contributed by atoms with van der Waals surface area (Å²) in [5.74, 6) is 1.46. The molecule has 0 spiro atoms. The third kappa shape index (κ3) is 4.56. The fourth-order valence-corrected chi connectivity index (χ4v) is 3.87. The lowest BCUT2D eigenvalue weighted by Crippen LogP contribution is -2.36. The second-order valence-electron chi connectivity index (χ2n) is 8.16. The molecule has 1 aliphatic rings. The van der Waals surface area contributed by atoms with Gasteiger partial charge in [-0.05, 0) is 62.9 Å². The molecule has 0 atom stereocenters. The van der Waals surface area contributed by atoms with Crippen LogP contribution in [0.2, 0.25) is 0 Å². The van der Waals surface area contributed by atoms with Gasteiger partial charge in [0.05, 0.1) is 18.4 Å². The topological polar surface area (TPSA) is 113 Å². The average molecular weight is 425 g/mol. The number of aromatic nitrogens is 3. The molecule has 0 aliphatic heterocycles. The van der Waals surface area contributed by atoms with E-state index in [9.17, 15) is 9.90 Å². The molecule has 2 aromatic heterocycles. The molecule has 4 N–H and O–H groups in total. The molecule has 0 unspecified atom stereocenters. The van der Waals surface area contributed by atoms with Crippen LogP contribution in [0.15, 0.2) is 36.5 Å². The Bertz CT molecular complexity index is 1080. The van der Waals surface area contributed by atoms with Gasteiger partial charge in [-0.2, -0.15) is 4.98 Å². The summed E-state index contributed by atoms with van der Waals surface area (Å²) in [4.78, 5) is 16.6. The van der Waals surface area contributed by atoms with Crippen LogP contribution >= 0.6 is 0 Å². The maximum Gasteiger partial charge on any atom is 0.251 e. The van der Waals surface area contributed by atoms with Crippen LogP contribution in [0, 0.1) is 0 Å². The molecule has 9 nitrogen and oxygen atoms in total. The Labute approximate surface area is 180 Å². The van der Waals surface area contributed by atoms with Gasteiger partial charge in [-0.25, -0.2) is 4.52 Å². The van der Waals surface area contributed by atoms with Gasteiger partial charge in [0.15, 0.2) is 5.82 Å². The SMILES string of the molecule is CNC(=O)c1ccc(Nc2nc(N[C@H]3CC[C@](C)(O)CC3)c3cccn3n2)c(OC)c1. The number of ether oxygens (including phenoxy) is 1. The van der Waals surface area contributed by atoms with Gasteiger partial charge in [-0.15, -0.1) is 5.10 Å². The first-order valence-electron chi connectivity index (χ1n) is 10.4. The number of fused-ring (bicyclic) bond motifs is 1. The number of nitrogens with zero attached hydrogens (tertiary/aromatic N) is 3. The number of anilines is 3. The van der Waals surface area contributed by atoms with Crippen molar-refractivity contribution in [1.29, 1.82) is 0 Å². The van der Waals surface area contributed by atoms with Crippen LogP contribution in [0.25, 0.3) is 5.52 Å². The van der Waals surface area contributed by atoms with Crippen molar-refractivity contribution in [2.24, 2.45) is 0 Å². The van der Waals surface area contributed by atoms with Gasteiger partial charge >= 0.3 is 0 Å². The Hall–Kier alpha value is -3.33. The predicted octanol–water partition coefficient (Wildman–Crippen LogP) is 2.95. The van der Waals surface area contributed by atoms with Crippen LogP contribution in [0.4, 0.5) is 17.5 Å². The molecule has 9 heteroatoms. The van der Waals surface area contributed by atoms with Crippen molar-refractivity contribution in [1.82, 2.24) is 19.9 Å². The van der Waals surface area contributed by atoms with Crippen molar-refractivity contribution >= 4 is 28.9 Å². The quantitative estimate of drug-likeness (QED) is 0.481. The molecular formula is C22H28N6O3. The van der Waals surface area contributed by atoms with E-state index in [4.69, 9.17) is 9.72 Å². The highest BCUT2D eigenvalue weighted by molar-refractivity contribution is 5.95. The number of amides is 1. The first kappa shape index (κ1) is 20.9. The first-order valence-corrected chi connectivity index (χ1v) is 10.4. The fraction of sp³-hybridized carbons (Fsp3) is 0.409. The zero-order valence-electron chi connectivity index (χ0n) is 18.0. The van der Waals surface area contributed by atoms with Gasteiger partial charge in [0.2, 0.25) is 5.95 Å². The van der Waals surface area contributed by atoms with Gasteiger partial charge in [-0.1, -0.05) is 0 Å². The van der Waals surface area contributed by atoms with Crippen LogP contribution in [0.3, 0.4) is 0 Å². The summed E-state index contributed by atoms with van der Waals surface area (Å²) in [7, 11) is 3.14. The molecule has 1 saturated carbocycles. The molecule has 1 fully saturated rings. The molecule has 0 radical (unpaired) electrons. The number of aliphatic hydroxyl groups is 1.